The van der Waals surface area contributed by atoms with Gasteiger partial charge in [-0.25, -0.2) is 4.99 Å². The van der Waals surface area contributed by atoms with Crippen molar-refractivity contribution in [1.82, 2.24) is 9.78 Å². The van der Waals surface area contributed by atoms with Crippen LogP contribution in [-0.2, 0) is 6.54 Å². The summed E-state index contributed by atoms with van der Waals surface area (Å²) >= 11 is 0. The molecule has 0 unspecified atom stereocenters. The number of aliphatic imine (C=N–C) groups is 1. The monoisotopic (exact) mass is 203 g/mol. The summed E-state index contributed by atoms with van der Waals surface area (Å²) in [5, 5.41) is 5.37. The molecule has 15 heavy (non-hydrogen) atoms. The Morgan fingerprint density at radius 2 is 2.47 bits per heavy atom. The van der Waals surface area contributed by atoms with Crippen LogP contribution in [0.1, 0.15) is 12.6 Å². The highest BCUT2D eigenvalue weighted by Crippen LogP contribution is 1.85. The summed E-state index contributed by atoms with van der Waals surface area (Å²) in [4.78, 5) is 3.77. The summed E-state index contributed by atoms with van der Waals surface area (Å²) in [5.41, 5.74) is 11.3. The number of hydrogen-bond acceptors (Lipinski definition) is 3. The summed E-state index contributed by atoms with van der Waals surface area (Å²) in [6.07, 6.45) is 6.43. The first-order valence-electron chi connectivity index (χ1n) is 4.42. The minimum absolute atomic E-state index is 0.232. The lowest BCUT2D eigenvalue weighted by molar-refractivity contribution is 0.639. The fraction of sp³-hybridized carbons (Fsp3) is 0.200. The molecule has 0 aliphatic heterocycles. The molecule has 0 radical (unpaired) electrons. The van der Waals surface area contributed by atoms with Gasteiger partial charge in [-0.15, -0.1) is 6.42 Å². The van der Waals surface area contributed by atoms with Crippen molar-refractivity contribution < 1.29 is 0 Å². The van der Waals surface area contributed by atoms with Gasteiger partial charge in [-0.05, 0) is 12.8 Å². The molecule has 0 saturated heterocycles. The number of aryl methyl sites for hydroxylation is 1. The third-order valence-corrected chi connectivity index (χ3v) is 1.96. The molecule has 1 aromatic rings. The lowest BCUT2D eigenvalue weighted by Crippen LogP contribution is -2.32. The predicted molar refractivity (Wildman–Crippen MR) is 60.9 cm³/mol. The maximum atomic E-state index is 5.70. The molecule has 0 spiro atoms. The second kappa shape index (κ2) is 4.33. The molecule has 1 heterocycles. The molecular formula is C10H13N5. The fourth-order valence-corrected chi connectivity index (χ4v) is 1.27. The average molecular weight is 203 g/mol. The van der Waals surface area contributed by atoms with Crippen LogP contribution < -0.4 is 22.0 Å². The lowest BCUT2D eigenvalue weighted by Gasteiger charge is -1.92. The number of rotatable bonds is 2. The quantitative estimate of drug-likeness (QED) is 0.342. The Morgan fingerprint density at radius 1 is 1.80 bits per heavy atom. The molecule has 0 aliphatic carbocycles. The average Bonchev–Trinajstić information content (AvgIpc) is 2.55. The number of nitrogens with two attached hydrogens (primary N) is 2. The molecule has 0 fully saturated rings. The van der Waals surface area contributed by atoms with E-state index in [1.165, 1.54) is 0 Å². The fourth-order valence-electron chi connectivity index (χ4n) is 1.27. The maximum absolute atomic E-state index is 5.70. The Kier molecular flexibility index (Phi) is 3.13. The van der Waals surface area contributed by atoms with Crippen LogP contribution in [0.15, 0.2) is 4.99 Å². The molecule has 0 saturated carbocycles. The van der Waals surface area contributed by atoms with Gasteiger partial charge in [-0.2, -0.15) is 5.10 Å². The zero-order valence-electron chi connectivity index (χ0n) is 8.57. The number of terminal acetylenes is 1. The Balaban J connectivity index is 3.69. The summed E-state index contributed by atoms with van der Waals surface area (Å²) < 4.78 is 1.67. The van der Waals surface area contributed by atoms with Crippen molar-refractivity contribution in [2.24, 2.45) is 16.5 Å². The van der Waals surface area contributed by atoms with E-state index < -0.39 is 0 Å². The molecule has 4 N–H and O–H groups in total. The van der Waals surface area contributed by atoms with Crippen LogP contribution in [0.4, 0.5) is 0 Å². The van der Waals surface area contributed by atoms with Gasteiger partial charge in [0.15, 0.2) is 0 Å². The molecule has 1 rings (SSSR count). The first-order chi connectivity index (χ1) is 7.15. The zero-order chi connectivity index (χ0) is 11.4. The third-order valence-electron chi connectivity index (χ3n) is 1.96. The smallest absolute Gasteiger partial charge is 0.146 e. The Labute approximate surface area is 87.8 Å². The van der Waals surface area contributed by atoms with Crippen molar-refractivity contribution in [1.29, 1.82) is 0 Å². The second-order valence-electron chi connectivity index (χ2n) is 2.79. The summed E-state index contributed by atoms with van der Waals surface area (Å²) in [6, 6.07) is 0. The molecular weight excluding hydrogens is 190 g/mol. The van der Waals surface area contributed by atoms with Crippen LogP contribution in [-0.4, -0.2) is 16.1 Å². The summed E-state index contributed by atoms with van der Waals surface area (Å²) in [5.74, 6) is 2.67. The van der Waals surface area contributed by atoms with Crippen LogP contribution in [0.3, 0.4) is 0 Å². The summed E-state index contributed by atoms with van der Waals surface area (Å²) in [7, 11) is 0. The van der Waals surface area contributed by atoms with Gasteiger partial charge in [0.25, 0.3) is 0 Å². The third kappa shape index (κ3) is 1.83. The van der Waals surface area contributed by atoms with Crippen molar-refractivity contribution >= 4 is 18.7 Å². The Morgan fingerprint density at radius 3 is 2.93 bits per heavy atom. The van der Waals surface area contributed by atoms with Gasteiger partial charge in [0, 0.05) is 6.54 Å². The van der Waals surface area contributed by atoms with E-state index in [1.54, 1.807) is 4.68 Å². The van der Waals surface area contributed by atoms with Gasteiger partial charge in [-0.1, -0.05) is 6.58 Å². The summed E-state index contributed by atoms with van der Waals surface area (Å²) in [6.45, 7) is 6.46. The molecule has 5 nitrogen and oxygen atoms in total. The van der Waals surface area contributed by atoms with E-state index in [0.717, 1.165) is 6.34 Å². The van der Waals surface area contributed by atoms with E-state index in [4.69, 9.17) is 17.9 Å². The first-order valence-corrected chi connectivity index (χ1v) is 4.42. The normalized spacial score (nSPS) is 12.8. The number of aromatic nitrogens is 2. The maximum Gasteiger partial charge on any atom is 0.146 e. The van der Waals surface area contributed by atoms with E-state index in [2.05, 4.69) is 22.6 Å². The van der Waals surface area contributed by atoms with Gasteiger partial charge in [0.1, 0.15) is 11.5 Å². The van der Waals surface area contributed by atoms with E-state index in [1.807, 2.05) is 6.92 Å². The predicted octanol–water partition coefficient (Wildman–Crippen LogP) is -1.69. The highest BCUT2D eigenvalue weighted by molar-refractivity contribution is 5.61. The van der Waals surface area contributed by atoms with Crippen molar-refractivity contribution in [3.63, 3.8) is 0 Å². The van der Waals surface area contributed by atoms with E-state index >= 15 is 0 Å². The van der Waals surface area contributed by atoms with Gasteiger partial charge in [0.05, 0.1) is 16.9 Å². The van der Waals surface area contributed by atoms with Crippen LogP contribution in [0.25, 0.3) is 12.4 Å². The van der Waals surface area contributed by atoms with Crippen molar-refractivity contribution in [2.45, 2.75) is 13.5 Å². The van der Waals surface area contributed by atoms with Crippen molar-refractivity contribution in [3.8, 4) is 12.3 Å². The van der Waals surface area contributed by atoms with Gasteiger partial charge in [-0.3, -0.25) is 4.68 Å². The van der Waals surface area contributed by atoms with Crippen molar-refractivity contribution in [3.05, 3.63) is 16.3 Å². The SMILES string of the molecule is C#Cc1nn(CC)c(=C)/c1=C(N)\N=C/N. The van der Waals surface area contributed by atoms with Gasteiger partial charge in [0.2, 0.25) is 0 Å². The number of nitrogens with zero attached hydrogens (tertiary/aromatic N) is 3. The van der Waals surface area contributed by atoms with Crippen molar-refractivity contribution in [2.75, 3.05) is 0 Å². The molecule has 5 heteroatoms. The highest BCUT2D eigenvalue weighted by atomic mass is 15.3. The molecule has 78 valence electrons. The van der Waals surface area contributed by atoms with Gasteiger partial charge >= 0.3 is 0 Å². The van der Waals surface area contributed by atoms with E-state index in [9.17, 15) is 0 Å². The van der Waals surface area contributed by atoms with Crippen LogP contribution in [0.2, 0.25) is 0 Å². The minimum Gasteiger partial charge on any atom is -0.390 e. The second-order valence-corrected chi connectivity index (χ2v) is 2.79. The molecule has 0 amide bonds. The molecule has 0 aromatic carbocycles. The topological polar surface area (TPSA) is 82.2 Å². The van der Waals surface area contributed by atoms with Gasteiger partial charge < -0.3 is 11.5 Å². The Bertz CT molecular complexity index is 529. The molecule has 0 aliphatic rings. The molecule has 0 atom stereocenters. The highest BCUT2D eigenvalue weighted by Gasteiger charge is 2.04. The minimum atomic E-state index is 0.232. The first kappa shape index (κ1) is 10.9. The van der Waals surface area contributed by atoms with Crippen LogP contribution in [0, 0.1) is 12.3 Å². The number of hydrogen-bond donors (Lipinski definition) is 2. The standard InChI is InChI=1S/C10H13N5/c1-4-8-9(10(12)13-6-11)7(3)15(5-2)14-8/h1,6H,3,5,12H2,2H3,(H2,11,13)/b10-9+. The lowest BCUT2D eigenvalue weighted by atomic mass is 10.3. The van der Waals surface area contributed by atoms with Crippen LogP contribution >= 0.6 is 0 Å². The van der Waals surface area contributed by atoms with E-state index in [-0.39, 0.29) is 5.82 Å². The van der Waals surface area contributed by atoms with Crippen LogP contribution in [0.5, 0.6) is 0 Å². The Hall–Kier alpha value is -2.22. The van der Waals surface area contributed by atoms with E-state index in [0.29, 0.717) is 22.8 Å². The molecule has 1 aromatic heterocycles. The molecule has 0 bridgehead atoms. The largest absolute Gasteiger partial charge is 0.390 e. The zero-order valence-corrected chi connectivity index (χ0v) is 8.57.